The van der Waals surface area contributed by atoms with Crippen LogP contribution in [0.2, 0.25) is 5.02 Å². The number of nitrogens with one attached hydrogen (secondary N) is 2. The Balaban J connectivity index is 2.15. The van der Waals surface area contributed by atoms with Crippen molar-refractivity contribution < 1.29 is 0 Å². The lowest BCUT2D eigenvalue weighted by atomic mass is 9.92. The number of hydrazine groups is 1. The summed E-state index contributed by atoms with van der Waals surface area (Å²) in [5.41, 5.74) is 14.0. The molecule has 3 rings (SSSR count). The van der Waals surface area contributed by atoms with Gasteiger partial charge in [-0.3, -0.25) is 0 Å². The molecule has 0 aromatic heterocycles. The van der Waals surface area contributed by atoms with E-state index < -0.39 is 0 Å². The molecule has 1 aliphatic heterocycles. The molecule has 3 heteroatoms. The van der Waals surface area contributed by atoms with E-state index in [1.54, 1.807) is 0 Å². The molecular weight excluding hydrogens is 256 g/mol. The summed E-state index contributed by atoms with van der Waals surface area (Å²) >= 11 is 6.05. The maximum atomic E-state index is 6.05. The van der Waals surface area contributed by atoms with E-state index >= 15 is 0 Å². The van der Waals surface area contributed by atoms with Crippen molar-refractivity contribution >= 4 is 22.9 Å². The first-order chi connectivity index (χ1) is 9.15. The van der Waals surface area contributed by atoms with Crippen LogP contribution in [0, 0.1) is 0 Å². The Hall–Kier alpha value is -1.67. The third-order valence-corrected chi connectivity index (χ3v) is 4.01. The Morgan fingerprint density at radius 3 is 2.79 bits per heavy atom. The van der Waals surface area contributed by atoms with Gasteiger partial charge in [0.25, 0.3) is 0 Å². The molecular formula is C16H17ClN2. The van der Waals surface area contributed by atoms with Crippen LogP contribution in [-0.2, 0) is 0 Å². The van der Waals surface area contributed by atoms with Crippen molar-refractivity contribution in [1.29, 1.82) is 0 Å². The van der Waals surface area contributed by atoms with Gasteiger partial charge in [-0.2, -0.15) is 0 Å². The molecule has 1 aliphatic carbocycles. The number of rotatable bonds is 0. The normalized spacial score (nSPS) is 18.1. The van der Waals surface area contributed by atoms with Gasteiger partial charge in [-0.15, -0.1) is 0 Å². The summed E-state index contributed by atoms with van der Waals surface area (Å²) in [6, 6.07) is 5.99. The first-order valence-corrected chi connectivity index (χ1v) is 6.93. The van der Waals surface area contributed by atoms with Gasteiger partial charge >= 0.3 is 0 Å². The number of halogens is 1. The molecule has 1 heterocycles. The van der Waals surface area contributed by atoms with Crippen LogP contribution < -0.4 is 10.9 Å². The Labute approximate surface area is 118 Å². The molecule has 2 N–H and O–H groups in total. The van der Waals surface area contributed by atoms with E-state index in [4.69, 9.17) is 11.6 Å². The smallest absolute Gasteiger partial charge is 0.0633 e. The summed E-state index contributed by atoms with van der Waals surface area (Å²) < 4.78 is 0. The van der Waals surface area contributed by atoms with Crippen LogP contribution in [0.5, 0.6) is 0 Å². The fraction of sp³-hybridized carbons (Fsp3) is 0.250. The Kier molecular flexibility index (Phi) is 3.11. The summed E-state index contributed by atoms with van der Waals surface area (Å²) in [5, 5.41) is 0.750. The van der Waals surface area contributed by atoms with E-state index in [1.165, 1.54) is 28.0 Å². The zero-order chi connectivity index (χ0) is 13.4. The van der Waals surface area contributed by atoms with Crippen molar-refractivity contribution in [3.63, 3.8) is 0 Å². The largest absolute Gasteiger partial charge is 0.304 e. The summed E-state index contributed by atoms with van der Waals surface area (Å²) in [6.07, 6.45) is 6.65. The number of hydrogen-bond acceptors (Lipinski definition) is 2. The number of allylic oxidation sites excluding steroid dienone is 6. The minimum atomic E-state index is 0.750. The standard InChI is InChI=1S/C16H17ClN2/c1-10-4-3-5-15-14(8-11(10)2)13-7-6-12(17)9-16(13)19-18-15/h4,6-9,18-19H,3,5H2,1-2H3. The van der Waals surface area contributed by atoms with Crippen LogP contribution in [0.15, 0.2) is 47.2 Å². The van der Waals surface area contributed by atoms with Gasteiger partial charge in [-0.1, -0.05) is 29.3 Å². The highest BCUT2D eigenvalue weighted by Gasteiger charge is 2.18. The van der Waals surface area contributed by atoms with Crippen LogP contribution in [0.4, 0.5) is 5.69 Å². The summed E-state index contributed by atoms with van der Waals surface area (Å²) in [6.45, 7) is 4.34. The first kappa shape index (κ1) is 12.4. The van der Waals surface area contributed by atoms with Gasteiger partial charge in [0.2, 0.25) is 0 Å². The van der Waals surface area contributed by atoms with Gasteiger partial charge < -0.3 is 10.9 Å². The molecule has 98 valence electrons. The zero-order valence-electron chi connectivity index (χ0n) is 11.2. The SMILES string of the molecule is CC1=CCCC2=C(C=C1C)c1ccc(Cl)cc1NN2. The molecule has 0 bridgehead atoms. The second-order valence-corrected chi connectivity index (χ2v) is 5.52. The Morgan fingerprint density at radius 2 is 1.95 bits per heavy atom. The molecule has 0 saturated heterocycles. The molecule has 0 unspecified atom stereocenters. The van der Waals surface area contributed by atoms with Gasteiger partial charge in [0.05, 0.1) is 5.69 Å². The molecule has 0 fully saturated rings. The lowest BCUT2D eigenvalue weighted by Gasteiger charge is -2.26. The molecule has 19 heavy (non-hydrogen) atoms. The van der Waals surface area contributed by atoms with Crippen molar-refractivity contribution in [3.8, 4) is 0 Å². The molecule has 1 aromatic carbocycles. The van der Waals surface area contributed by atoms with Crippen LogP contribution in [0.25, 0.3) is 5.57 Å². The molecule has 0 spiro atoms. The third-order valence-electron chi connectivity index (χ3n) is 3.77. The number of anilines is 1. The van der Waals surface area contributed by atoms with Gasteiger partial charge in [-0.25, -0.2) is 0 Å². The molecule has 2 aliphatic rings. The van der Waals surface area contributed by atoms with Crippen molar-refractivity contribution in [1.82, 2.24) is 5.43 Å². The average Bonchev–Trinajstić information content (AvgIpc) is 2.38. The molecule has 0 saturated carbocycles. The molecule has 2 nitrogen and oxygen atoms in total. The topological polar surface area (TPSA) is 24.1 Å². The van der Waals surface area contributed by atoms with Crippen molar-refractivity contribution in [2.75, 3.05) is 5.43 Å². The Bertz CT molecular complexity index is 624. The van der Waals surface area contributed by atoms with Crippen molar-refractivity contribution in [2.24, 2.45) is 0 Å². The predicted molar refractivity (Wildman–Crippen MR) is 81.9 cm³/mol. The maximum Gasteiger partial charge on any atom is 0.0633 e. The van der Waals surface area contributed by atoms with Crippen LogP contribution in [0.3, 0.4) is 0 Å². The summed E-state index contributed by atoms with van der Waals surface area (Å²) in [4.78, 5) is 0. The number of hydrogen-bond donors (Lipinski definition) is 2. The van der Waals surface area contributed by atoms with Gasteiger partial charge in [0, 0.05) is 21.9 Å². The first-order valence-electron chi connectivity index (χ1n) is 6.55. The third kappa shape index (κ3) is 2.28. The summed E-state index contributed by atoms with van der Waals surface area (Å²) in [5.74, 6) is 0. The second-order valence-electron chi connectivity index (χ2n) is 5.09. The number of fused-ring (bicyclic) bond motifs is 2. The van der Waals surface area contributed by atoms with E-state index in [2.05, 4.69) is 42.9 Å². The highest BCUT2D eigenvalue weighted by atomic mass is 35.5. The molecule has 1 aromatic rings. The maximum absolute atomic E-state index is 6.05. The minimum Gasteiger partial charge on any atom is -0.304 e. The number of benzene rings is 1. The fourth-order valence-corrected chi connectivity index (χ4v) is 2.69. The average molecular weight is 273 g/mol. The van der Waals surface area contributed by atoms with E-state index in [1.807, 2.05) is 12.1 Å². The molecule has 0 amide bonds. The lowest BCUT2D eigenvalue weighted by Crippen LogP contribution is -2.27. The minimum absolute atomic E-state index is 0.750. The fourth-order valence-electron chi connectivity index (χ4n) is 2.51. The van der Waals surface area contributed by atoms with Crippen molar-refractivity contribution in [3.05, 3.63) is 57.8 Å². The highest BCUT2D eigenvalue weighted by Crippen LogP contribution is 2.35. The second kappa shape index (κ2) is 4.78. The Morgan fingerprint density at radius 1 is 1.11 bits per heavy atom. The van der Waals surface area contributed by atoms with E-state index in [0.29, 0.717) is 0 Å². The van der Waals surface area contributed by atoms with E-state index in [-0.39, 0.29) is 0 Å². The highest BCUT2D eigenvalue weighted by molar-refractivity contribution is 6.31. The van der Waals surface area contributed by atoms with Gasteiger partial charge in [0.15, 0.2) is 0 Å². The quantitative estimate of drug-likeness (QED) is 0.717. The predicted octanol–water partition coefficient (Wildman–Crippen LogP) is 4.67. The van der Waals surface area contributed by atoms with Crippen molar-refractivity contribution in [2.45, 2.75) is 26.7 Å². The molecule has 0 atom stereocenters. The summed E-state index contributed by atoms with van der Waals surface area (Å²) in [7, 11) is 0. The van der Waals surface area contributed by atoms with E-state index in [9.17, 15) is 0 Å². The van der Waals surface area contributed by atoms with Crippen LogP contribution in [-0.4, -0.2) is 0 Å². The van der Waals surface area contributed by atoms with Crippen LogP contribution in [0.1, 0.15) is 32.3 Å². The lowest BCUT2D eigenvalue weighted by molar-refractivity contribution is 0.831. The van der Waals surface area contributed by atoms with Gasteiger partial charge in [0.1, 0.15) is 0 Å². The monoisotopic (exact) mass is 272 g/mol. The zero-order valence-corrected chi connectivity index (χ0v) is 11.9. The van der Waals surface area contributed by atoms with Crippen LogP contribution >= 0.6 is 11.6 Å². The van der Waals surface area contributed by atoms with Gasteiger partial charge in [-0.05, 0) is 50.5 Å². The van der Waals surface area contributed by atoms with E-state index in [0.717, 1.165) is 23.6 Å². The molecule has 0 radical (unpaired) electrons.